The minimum absolute atomic E-state index is 0.00633. The van der Waals surface area contributed by atoms with Crippen molar-refractivity contribution in [3.63, 3.8) is 0 Å². The molecule has 2 atom stereocenters. The molecule has 0 saturated carbocycles. The van der Waals surface area contributed by atoms with Crippen LogP contribution in [0.4, 0.5) is 0 Å². The number of nitrogens with one attached hydrogen (secondary N) is 1. The van der Waals surface area contributed by atoms with Crippen LogP contribution in [0.15, 0.2) is 82.6 Å². The van der Waals surface area contributed by atoms with Crippen LogP contribution in [-0.2, 0) is 26.2 Å². The lowest BCUT2D eigenvalue weighted by Gasteiger charge is -2.40. The highest BCUT2D eigenvalue weighted by molar-refractivity contribution is 7.89. The normalized spacial score (nSPS) is 20.1. The molecule has 196 valence electrons. The first-order chi connectivity index (χ1) is 17.8. The summed E-state index contributed by atoms with van der Waals surface area (Å²) in [4.78, 5) is 3.69. The standard InChI is InChI=1S/C28H30Cl2N2O3S2/c29-25-11-10-21(18-26(25)30)22(19-31-37(34,35)23-6-2-1-3-7-23)12-15-32-16-13-28(14-17-32)20-36(33)27-9-5-4-8-24(27)28/h1-11,18,22,31H,12-17,19-20H2/t22-,36?/m1/s1. The summed E-state index contributed by atoms with van der Waals surface area (Å²) in [7, 11) is -4.55. The van der Waals surface area contributed by atoms with Gasteiger partial charge >= 0.3 is 0 Å². The number of fused-ring (bicyclic) bond motifs is 2. The predicted octanol–water partition coefficient (Wildman–Crippen LogP) is 5.60. The second-order valence-corrected chi connectivity index (χ2v) is 13.9. The second kappa shape index (κ2) is 11.2. The van der Waals surface area contributed by atoms with Gasteiger partial charge in [-0.1, -0.05) is 65.7 Å². The molecule has 5 nitrogen and oxygen atoms in total. The van der Waals surface area contributed by atoms with Crippen molar-refractivity contribution in [2.45, 2.75) is 40.4 Å². The van der Waals surface area contributed by atoms with E-state index >= 15 is 0 Å². The van der Waals surface area contributed by atoms with Gasteiger partial charge in [0.1, 0.15) is 0 Å². The number of halogens is 2. The molecule has 2 aliphatic heterocycles. The Bertz CT molecular complexity index is 1390. The minimum Gasteiger partial charge on any atom is -0.303 e. The molecule has 37 heavy (non-hydrogen) atoms. The largest absolute Gasteiger partial charge is 0.303 e. The molecule has 0 bridgehead atoms. The third-order valence-corrected chi connectivity index (χ3v) is 11.5. The average Bonchev–Trinajstić information content (AvgIpc) is 3.18. The van der Waals surface area contributed by atoms with Gasteiger partial charge in [0.2, 0.25) is 10.0 Å². The van der Waals surface area contributed by atoms with Crippen LogP contribution in [0, 0.1) is 0 Å². The zero-order chi connectivity index (χ0) is 26.0. The van der Waals surface area contributed by atoms with Gasteiger partial charge in [-0.15, -0.1) is 0 Å². The van der Waals surface area contributed by atoms with E-state index in [4.69, 9.17) is 23.2 Å². The Morgan fingerprint density at radius 1 is 0.946 bits per heavy atom. The van der Waals surface area contributed by atoms with Crippen molar-refractivity contribution >= 4 is 44.0 Å². The SMILES string of the molecule is O=S1CC2(CCN(CC[C@H](CNS(=O)(=O)c3ccccc3)c3ccc(Cl)c(Cl)c3)CC2)c2ccccc21. The van der Waals surface area contributed by atoms with E-state index in [1.807, 2.05) is 30.3 Å². The molecule has 2 heterocycles. The van der Waals surface area contributed by atoms with E-state index in [9.17, 15) is 12.6 Å². The number of piperidine rings is 1. The summed E-state index contributed by atoms with van der Waals surface area (Å²) in [5, 5.41) is 0.937. The summed E-state index contributed by atoms with van der Waals surface area (Å²) < 4.78 is 41.3. The summed E-state index contributed by atoms with van der Waals surface area (Å²) in [6.45, 7) is 2.95. The number of hydrogen-bond acceptors (Lipinski definition) is 4. The average molecular weight is 578 g/mol. The lowest BCUT2D eigenvalue weighted by molar-refractivity contribution is 0.167. The lowest BCUT2D eigenvalue weighted by atomic mass is 9.74. The summed E-state index contributed by atoms with van der Waals surface area (Å²) in [5.41, 5.74) is 2.22. The van der Waals surface area contributed by atoms with E-state index in [1.54, 1.807) is 36.4 Å². The van der Waals surface area contributed by atoms with Crippen molar-refractivity contribution in [2.75, 3.05) is 31.9 Å². The maximum absolute atomic E-state index is 12.9. The maximum atomic E-state index is 12.9. The summed E-state index contributed by atoms with van der Waals surface area (Å²) in [5.74, 6) is 0.650. The molecule has 1 unspecified atom stereocenters. The fraction of sp³-hybridized carbons (Fsp3) is 0.357. The third kappa shape index (κ3) is 5.82. The fourth-order valence-electron chi connectivity index (χ4n) is 5.51. The molecule has 1 fully saturated rings. The molecule has 3 aromatic carbocycles. The van der Waals surface area contributed by atoms with Gasteiger partial charge in [0.25, 0.3) is 0 Å². The monoisotopic (exact) mass is 576 g/mol. The van der Waals surface area contributed by atoms with Crippen LogP contribution in [0.3, 0.4) is 0 Å². The topological polar surface area (TPSA) is 66.5 Å². The molecule has 0 radical (unpaired) electrons. The Balaban J connectivity index is 1.26. The third-order valence-electron chi connectivity index (χ3n) is 7.71. The van der Waals surface area contributed by atoms with Gasteiger partial charge < -0.3 is 4.90 Å². The van der Waals surface area contributed by atoms with Gasteiger partial charge in [0.05, 0.1) is 25.7 Å². The fourth-order valence-corrected chi connectivity index (χ4v) is 8.78. The molecule has 5 rings (SSSR count). The van der Waals surface area contributed by atoms with E-state index in [1.165, 1.54) is 5.56 Å². The van der Waals surface area contributed by atoms with Crippen molar-refractivity contribution in [3.05, 3.63) is 94.0 Å². The molecule has 0 aromatic heterocycles. The first-order valence-electron chi connectivity index (χ1n) is 12.5. The van der Waals surface area contributed by atoms with Crippen LogP contribution >= 0.6 is 23.2 Å². The molecule has 0 amide bonds. The number of benzene rings is 3. The summed E-state index contributed by atoms with van der Waals surface area (Å²) in [6, 6.07) is 22.1. The van der Waals surface area contributed by atoms with Gasteiger partial charge in [0, 0.05) is 22.6 Å². The van der Waals surface area contributed by atoms with E-state index < -0.39 is 20.8 Å². The number of rotatable bonds is 8. The van der Waals surface area contributed by atoms with Gasteiger partial charge in [-0.2, -0.15) is 0 Å². The Morgan fingerprint density at radius 2 is 1.65 bits per heavy atom. The number of hydrogen-bond donors (Lipinski definition) is 1. The van der Waals surface area contributed by atoms with Crippen LogP contribution in [0.2, 0.25) is 10.0 Å². The van der Waals surface area contributed by atoms with Crippen molar-refractivity contribution < 1.29 is 12.6 Å². The lowest BCUT2D eigenvalue weighted by Crippen LogP contribution is -2.44. The Hall–Kier alpha value is -1.74. The van der Waals surface area contributed by atoms with Gasteiger partial charge in [0.15, 0.2) is 0 Å². The van der Waals surface area contributed by atoms with E-state index in [2.05, 4.69) is 15.7 Å². The summed E-state index contributed by atoms with van der Waals surface area (Å²) in [6.07, 6.45) is 2.73. The molecule has 0 aliphatic carbocycles. The number of sulfonamides is 1. The van der Waals surface area contributed by atoms with Crippen LogP contribution in [0.1, 0.15) is 36.3 Å². The Morgan fingerprint density at radius 3 is 2.38 bits per heavy atom. The first-order valence-corrected chi connectivity index (χ1v) is 16.0. The molecular formula is C28H30Cl2N2O3S2. The van der Waals surface area contributed by atoms with Gasteiger partial charge in [-0.25, -0.2) is 13.1 Å². The zero-order valence-electron chi connectivity index (χ0n) is 20.4. The number of likely N-dealkylation sites (tertiary alicyclic amines) is 1. The van der Waals surface area contributed by atoms with E-state index in [0.717, 1.165) is 49.4 Å². The van der Waals surface area contributed by atoms with Crippen LogP contribution in [-0.4, -0.2) is 49.5 Å². The predicted molar refractivity (Wildman–Crippen MR) is 151 cm³/mol. The molecule has 1 saturated heterocycles. The molecular weight excluding hydrogens is 547 g/mol. The van der Waals surface area contributed by atoms with Gasteiger partial charge in [-0.05, 0) is 86.3 Å². The smallest absolute Gasteiger partial charge is 0.240 e. The minimum atomic E-state index is -3.63. The molecule has 3 aromatic rings. The van der Waals surface area contributed by atoms with Crippen LogP contribution < -0.4 is 4.72 Å². The highest BCUT2D eigenvalue weighted by Gasteiger charge is 2.44. The maximum Gasteiger partial charge on any atom is 0.240 e. The van der Waals surface area contributed by atoms with E-state index in [0.29, 0.717) is 15.8 Å². The van der Waals surface area contributed by atoms with Crippen molar-refractivity contribution in [3.8, 4) is 0 Å². The molecule has 1 spiro atoms. The zero-order valence-corrected chi connectivity index (χ0v) is 23.6. The van der Waals surface area contributed by atoms with Crippen LogP contribution in [0.5, 0.6) is 0 Å². The quantitative estimate of drug-likeness (QED) is 0.379. The number of nitrogens with zero attached hydrogens (tertiary/aromatic N) is 1. The highest BCUT2D eigenvalue weighted by atomic mass is 35.5. The first kappa shape index (κ1) is 26.9. The Kier molecular flexibility index (Phi) is 8.10. The molecule has 2 aliphatic rings. The molecule has 9 heteroatoms. The van der Waals surface area contributed by atoms with Crippen molar-refractivity contribution in [1.29, 1.82) is 0 Å². The Labute approximate surface area is 231 Å². The van der Waals surface area contributed by atoms with Gasteiger partial charge in [-0.3, -0.25) is 4.21 Å². The second-order valence-electron chi connectivity index (χ2n) is 9.93. The van der Waals surface area contributed by atoms with Crippen LogP contribution in [0.25, 0.3) is 0 Å². The van der Waals surface area contributed by atoms with Crippen molar-refractivity contribution in [1.82, 2.24) is 9.62 Å². The molecule has 1 N–H and O–H groups in total. The highest BCUT2D eigenvalue weighted by Crippen LogP contribution is 2.45. The van der Waals surface area contributed by atoms with Crippen molar-refractivity contribution in [2.24, 2.45) is 0 Å². The van der Waals surface area contributed by atoms with E-state index in [-0.39, 0.29) is 22.8 Å². The summed E-state index contributed by atoms with van der Waals surface area (Å²) >= 11 is 12.5.